The minimum atomic E-state index is -0.855. The van der Waals surface area contributed by atoms with Gasteiger partial charge in [-0.1, -0.05) is 102 Å². The second-order valence-electron chi connectivity index (χ2n) is 11.6. The number of hydrogen-bond acceptors (Lipinski definition) is 5. The zero-order chi connectivity index (χ0) is 33.1. The van der Waals surface area contributed by atoms with Crippen molar-refractivity contribution in [3.63, 3.8) is 0 Å². The second kappa shape index (κ2) is 13.3. The fourth-order valence-corrected chi connectivity index (χ4v) is 6.67. The van der Waals surface area contributed by atoms with E-state index < -0.39 is 5.41 Å². The number of ether oxygens (including phenoxy) is 1. The highest BCUT2D eigenvalue weighted by Gasteiger charge is 2.43. The van der Waals surface area contributed by atoms with Gasteiger partial charge in [0.25, 0.3) is 11.8 Å². The van der Waals surface area contributed by atoms with Crippen LogP contribution in [0.1, 0.15) is 37.4 Å². The normalized spacial score (nSPS) is 13.1. The summed E-state index contributed by atoms with van der Waals surface area (Å²) in [6.07, 6.45) is 0.523. The summed E-state index contributed by atoms with van der Waals surface area (Å²) in [5, 5.41) is 3.13. The summed E-state index contributed by atoms with van der Waals surface area (Å²) in [5.41, 5.74) is 16.0. The molecule has 0 atom stereocenters. The van der Waals surface area contributed by atoms with Gasteiger partial charge in [-0.05, 0) is 82.9 Å². The van der Waals surface area contributed by atoms with Gasteiger partial charge < -0.3 is 4.74 Å². The third-order valence-corrected chi connectivity index (χ3v) is 9.11. The molecule has 1 heterocycles. The van der Waals surface area contributed by atoms with Crippen LogP contribution in [0.25, 0.3) is 10.8 Å². The van der Waals surface area contributed by atoms with Gasteiger partial charge in [0.15, 0.2) is 0 Å². The Hall–Kier alpha value is -5.50. The van der Waals surface area contributed by atoms with Gasteiger partial charge in [-0.25, -0.2) is 0 Å². The van der Waals surface area contributed by atoms with Crippen molar-refractivity contribution in [2.24, 2.45) is 0 Å². The maximum Gasteiger partial charge on any atom is 0.269 e. The average molecular weight is 674 g/mol. The summed E-state index contributed by atoms with van der Waals surface area (Å²) >= 11 is 13.1. The highest BCUT2D eigenvalue weighted by molar-refractivity contribution is 6.31. The van der Waals surface area contributed by atoms with Crippen molar-refractivity contribution in [3.8, 4) is 5.75 Å². The highest BCUT2D eigenvalue weighted by Crippen LogP contribution is 2.49. The third-order valence-electron chi connectivity index (χ3n) is 8.64. The monoisotopic (exact) mass is 672 g/mol. The molecular formula is C39H30Cl2N4O3. The van der Waals surface area contributed by atoms with Crippen molar-refractivity contribution in [2.45, 2.75) is 11.8 Å². The number of amides is 2. The van der Waals surface area contributed by atoms with E-state index in [0.29, 0.717) is 39.0 Å². The topological polar surface area (TPSA) is 91.5 Å². The molecule has 4 N–H and O–H groups in total. The largest absolute Gasteiger partial charge is 0.492 e. The number of hydrazine groups is 2. The van der Waals surface area contributed by atoms with Gasteiger partial charge in [0.1, 0.15) is 12.4 Å². The Balaban J connectivity index is 1.36. The average Bonchev–Trinajstić information content (AvgIpc) is 3.13. The van der Waals surface area contributed by atoms with E-state index in [-0.39, 0.29) is 18.4 Å². The maximum absolute atomic E-state index is 13.1. The highest BCUT2D eigenvalue weighted by atomic mass is 35.5. The number of benzene rings is 6. The summed E-state index contributed by atoms with van der Waals surface area (Å²) in [4.78, 5) is 26.2. The van der Waals surface area contributed by atoms with Crippen LogP contribution in [0.15, 0.2) is 133 Å². The van der Waals surface area contributed by atoms with E-state index in [1.54, 1.807) is 36.4 Å². The van der Waals surface area contributed by atoms with Gasteiger partial charge >= 0.3 is 0 Å². The first-order chi connectivity index (χ1) is 23.4. The van der Waals surface area contributed by atoms with E-state index in [0.717, 1.165) is 33.2 Å². The Bertz CT molecular complexity index is 2040. The second-order valence-corrected chi connectivity index (χ2v) is 12.5. The van der Waals surface area contributed by atoms with Gasteiger partial charge in [0.2, 0.25) is 0 Å². The fourth-order valence-electron chi connectivity index (χ4n) is 6.32. The smallest absolute Gasteiger partial charge is 0.269 e. The number of fused-ring (bicyclic) bond motifs is 3. The van der Waals surface area contributed by atoms with Crippen LogP contribution < -0.4 is 26.4 Å². The quantitative estimate of drug-likeness (QED) is 0.122. The molecule has 7 rings (SSSR count). The SMILES string of the molecule is O=C(NNc1cc(Cl)ccc1C1(c2ccc(Cl)cc2NNC(=O)c2ccccc2)COc2ccc3ccccc3c2C1)c1ccccc1. The molecule has 0 bridgehead atoms. The number of hydrogen-bond donors (Lipinski definition) is 4. The number of carbonyl (C=O) groups is 2. The van der Waals surface area contributed by atoms with Gasteiger partial charge in [0.05, 0.1) is 16.8 Å². The summed E-state index contributed by atoms with van der Waals surface area (Å²) in [6.45, 7) is 0.240. The Labute approximate surface area is 287 Å². The molecule has 6 aromatic rings. The number of nitrogens with one attached hydrogen (secondary N) is 4. The zero-order valence-electron chi connectivity index (χ0n) is 25.6. The molecule has 2 amide bonds. The summed E-state index contributed by atoms with van der Waals surface area (Å²) < 4.78 is 6.62. The zero-order valence-corrected chi connectivity index (χ0v) is 27.1. The molecule has 48 heavy (non-hydrogen) atoms. The van der Waals surface area contributed by atoms with Crippen molar-refractivity contribution >= 4 is 57.2 Å². The molecule has 1 aliphatic rings. The lowest BCUT2D eigenvalue weighted by molar-refractivity contribution is 0.0954. The van der Waals surface area contributed by atoms with E-state index in [1.165, 1.54) is 0 Å². The molecule has 0 aliphatic carbocycles. The van der Waals surface area contributed by atoms with Gasteiger partial charge in [0, 0.05) is 26.7 Å². The minimum absolute atomic E-state index is 0.240. The van der Waals surface area contributed by atoms with Crippen LogP contribution >= 0.6 is 23.2 Å². The lowest BCUT2D eigenvalue weighted by Crippen LogP contribution is -2.43. The van der Waals surface area contributed by atoms with E-state index in [9.17, 15) is 9.59 Å². The van der Waals surface area contributed by atoms with Crippen molar-refractivity contribution in [3.05, 3.63) is 171 Å². The molecule has 9 heteroatoms. The fraction of sp³-hybridized carbons (Fsp3) is 0.0769. The van der Waals surface area contributed by atoms with E-state index in [4.69, 9.17) is 27.9 Å². The Morgan fingerprint density at radius 3 is 1.69 bits per heavy atom. The van der Waals surface area contributed by atoms with Crippen LogP contribution in [0, 0.1) is 0 Å². The first-order valence-electron chi connectivity index (χ1n) is 15.4. The first kappa shape index (κ1) is 31.1. The molecule has 0 saturated carbocycles. The van der Waals surface area contributed by atoms with Crippen LogP contribution in [0.2, 0.25) is 10.0 Å². The number of halogens is 2. The molecule has 238 valence electrons. The molecule has 1 aliphatic heterocycles. The molecule has 6 aromatic carbocycles. The van der Waals surface area contributed by atoms with Crippen molar-refractivity contribution in [1.29, 1.82) is 0 Å². The van der Waals surface area contributed by atoms with Crippen LogP contribution in [0.4, 0.5) is 11.4 Å². The first-order valence-corrected chi connectivity index (χ1v) is 16.1. The Morgan fingerprint density at radius 2 is 1.12 bits per heavy atom. The van der Waals surface area contributed by atoms with Crippen molar-refractivity contribution < 1.29 is 14.3 Å². The predicted octanol–water partition coefficient (Wildman–Crippen LogP) is 8.58. The number of anilines is 2. The van der Waals surface area contributed by atoms with Gasteiger partial charge in [-0.3, -0.25) is 31.3 Å². The summed E-state index contributed by atoms with van der Waals surface area (Å²) in [7, 11) is 0. The van der Waals surface area contributed by atoms with Gasteiger partial charge in [-0.2, -0.15) is 0 Å². The molecule has 0 saturated heterocycles. The number of rotatable bonds is 8. The maximum atomic E-state index is 13.1. The molecule has 0 radical (unpaired) electrons. The Kier molecular flexibility index (Phi) is 8.63. The van der Waals surface area contributed by atoms with Crippen LogP contribution in [-0.4, -0.2) is 18.4 Å². The molecule has 0 fully saturated rings. The summed E-state index contributed by atoms with van der Waals surface area (Å²) in [5.74, 6) is 0.194. The lowest BCUT2D eigenvalue weighted by Gasteiger charge is -2.41. The number of carbonyl (C=O) groups excluding carboxylic acids is 2. The van der Waals surface area contributed by atoms with Gasteiger partial charge in [-0.15, -0.1) is 0 Å². The van der Waals surface area contributed by atoms with Crippen molar-refractivity contribution in [1.82, 2.24) is 10.9 Å². The molecule has 7 nitrogen and oxygen atoms in total. The molecule has 0 unspecified atom stereocenters. The van der Waals surface area contributed by atoms with E-state index >= 15 is 0 Å². The Morgan fingerprint density at radius 1 is 0.604 bits per heavy atom. The van der Waals surface area contributed by atoms with Crippen LogP contribution in [-0.2, 0) is 11.8 Å². The molecule has 0 spiro atoms. The third kappa shape index (κ3) is 6.13. The van der Waals surface area contributed by atoms with E-state index in [1.807, 2.05) is 78.9 Å². The van der Waals surface area contributed by atoms with Crippen molar-refractivity contribution in [2.75, 3.05) is 17.5 Å². The van der Waals surface area contributed by atoms with E-state index in [2.05, 4.69) is 39.9 Å². The standard InChI is InChI=1S/C39H30Cl2N4O3/c40-28-16-18-32(34(21-28)42-44-37(46)26-10-3-1-4-11-26)39(23-31-30-14-8-7-9-25(30)15-20-36(31)48-24-39)33-19-17-29(41)22-35(33)43-45-38(47)27-12-5-2-6-13-27/h1-22,42-43H,23-24H2,(H,44,46)(H,45,47). The molecule has 0 aromatic heterocycles. The predicted molar refractivity (Wildman–Crippen MR) is 192 cm³/mol. The lowest BCUT2D eigenvalue weighted by atomic mass is 9.68. The van der Waals surface area contributed by atoms with Crippen LogP contribution in [0.3, 0.4) is 0 Å². The summed E-state index contributed by atoms with van der Waals surface area (Å²) in [6, 6.07) is 41.3. The van der Waals surface area contributed by atoms with Crippen LogP contribution in [0.5, 0.6) is 5.75 Å². The molecular weight excluding hydrogens is 643 g/mol. The minimum Gasteiger partial charge on any atom is -0.492 e.